The Bertz CT molecular complexity index is 1040. The van der Waals surface area contributed by atoms with E-state index in [1.54, 1.807) is 5.38 Å². The van der Waals surface area contributed by atoms with Crippen LogP contribution in [0.5, 0.6) is 5.75 Å². The van der Waals surface area contributed by atoms with Crippen molar-refractivity contribution in [1.29, 1.82) is 0 Å². The van der Waals surface area contributed by atoms with E-state index in [0.717, 1.165) is 21.9 Å². The monoisotopic (exact) mass is 413 g/mol. The van der Waals surface area contributed by atoms with E-state index in [1.165, 1.54) is 11.3 Å². The number of rotatable bonds is 3. The maximum atomic E-state index is 12.7. The number of ether oxygens (including phenoxy) is 3. The number of amidine groups is 1. The van der Waals surface area contributed by atoms with Crippen molar-refractivity contribution in [2.45, 2.75) is 38.3 Å². The normalized spacial score (nSPS) is 25.7. The Labute approximate surface area is 172 Å². The average molecular weight is 413 g/mol. The first-order valence-electron chi connectivity index (χ1n) is 9.60. The Hall–Kier alpha value is -2.45. The molecule has 1 unspecified atom stereocenters. The van der Waals surface area contributed by atoms with Crippen LogP contribution in [0.1, 0.15) is 40.5 Å². The summed E-state index contributed by atoms with van der Waals surface area (Å²) in [6, 6.07) is 6.04. The van der Waals surface area contributed by atoms with E-state index < -0.39 is 11.1 Å². The third-order valence-corrected chi connectivity index (χ3v) is 7.27. The number of nitrogens with zero attached hydrogens (tertiary/aromatic N) is 2. The first kappa shape index (κ1) is 18.6. The number of hydrogen-bond donors (Lipinski definition) is 1. The molecule has 0 amide bonds. The van der Waals surface area contributed by atoms with Gasteiger partial charge in [0.1, 0.15) is 29.2 Å². The van der Waals surface area contributed by atoms with Gasteiger partial charge in [-0.25, -0.2) is 9.98 Å². The van der Waals surface area contributed by atoms with Crippen LogP contribution in [0.2, 0.25) is 0 Å². The molecule has 4 heterocycles. The minimum Gasteiger partial charge on any atom is -0.487 e. The van der Waals surface area contributed by atoms with Gasteiger partial charge < -0.3 is 19.9 Å². The maximum Gasteiger partial charge on any atom is 0.283 e. The number of ketones is 1. The van der Waals surface area contributed by atoms with Crippen LogP contribution < -0.4 is 10.5 Å². The largest absolute Gasteiger partial charge is 0.487 e. The molecule has 2 spiro atoms. The lowest BCUT2D eigenvalue weighted by atomic mass is 9.55. The highest BCUT2D eigenvalue weighted by Gasteiger charge is 2.71. The highest BCUT2D eigenvalue weighted by Crippen LogP contribution is 2.62. The second-order valence-electron chi connectivity index (χ2n) is 8.47. The summed E-state index contributed by atoms with van der Waals surface area (Å²) in [5.41, 5.74) is 6.68. The number of thiazole rings is 1. The lowest BCUT2D eigenvalue weighted by Crippen LogP contribution is -2.71. The SMILES string of the molecule is Cc1nc(C(=O)Cc2ccc3c(c2)C2(COC(N)=N2)C2(COC2)C(C)(C)O3)cs1. The fraction of sp³-hybridized carbons (Fsp3) is 0.476. The quantitative estimate of drug-likeness (QED) is 0.777. The number of aromatic nitrogens is 1. The second-order valence-corrected chi connectivity index (χ2v) is 9.53. The first-order chi connectivity index (χ1) is 13.8. The lowest BCUT2D eigenvalue weighted by molar-refractivity contribution is -0.247. The van der Waals surface area contributed by atoms with Gasteiger partial charge in [-0.1, -0.05) is 6.07 Å². The van der Waals surface area contributed by atoms with Crippen molar-refractivity contribution in [2.75, 3.05) is 19.8 Å². The fourth-order valence-corrected chi connectivity index (χ4v) is 5.32. The standard InChI is InChI=1S/C21H23N3O4S/c1-12-23-15(8-29-12)16(25)7-13-4-5-17-14(6-13)21(11-27-18(22)24-21)20(9-26-10-20)19(2,3)28-17/h4-6,8H,7,9-11H2,1-3H3,(H2,22,24). The first-order valence-corrected chi connectivity index (χ1v) is 10.5. The Morgan fingerprint density at radius 2 is 2.07 bits per heavy atom. The molecule has 1 aromatic heterocycles. The molecule has 152 valence electrons. The molecule has 2 aromatic rings. The average Bonchev–Trinajstić information content (AvgIpc) is 3.21. The number of Topliss-reactive ketones (excluding diaryl/α,β-unsaturated/α-hetero) is 1. The van der Waals surface area contributed by atoms with E-state index >= 15 is 0 Å². The van der Waals surface area contributed by atoms with Crippen molar-refractivity contribution in [3.05, 3.63) is 45.4 Å². The number of aryl methyl sites for hydroxylation is 1. The van der Waals surface area contributed by atoms with Gasteiger partial charge in [0.25, 0.3) is 6.02 Å². The molecule has 7 nitrogen and oxygen atoms in total. The van der Waals surface area contributed by atoms with Crippen LogP contribution in [0.4, 0.5) is 0 Å². The van der Waals surface area contributed by atoms with Crippen molar-refractivity contribution >= 4 is 23.1 Å². The Kier molecular flexibility index (Phi) is 3.86. The summed E-state index contributed by atoms with van der Waals surface area (Å²) >= 11 is 1.48. The smallest absolute Gasteiger partial charge is 0.283 e. The van der Waals surface area contributed by atoms with Crippen LogP contribution in [0.15, 0.2) is 28.6 Å². The highest BCUT2D eigenvalue weighted by molar-refractivity contribution is 7.09. The summed E-state index contributed by atoms with van der Waals surface area (Å²) in [7, 11) is 0. The molecule has 3 aliphatic heterocycles. The summed E-state index contributed by atoms with van der Waals surface area (Å²) in [5, 5.41) is 2.69. The molecular formula is C21H23N3O4S. The third kappa shape index (κ3) is 2.48. The lowest BCUT2D eigenvalue weighted by Gasteiger charge is -2.61. The van der Waals surface area contributed by atoms with Gasteiger partial charge in [0.15, 0.2) is 5.78 Å². The van der Waals surface area contributed by atoms with Gasteiger partial charge in [-0.3, -0.25) is 4.79 Å². The minimum absolute atomic E-state index is 0.00668. The van der Waals surface area contributed by atoms with E-state index in [2.05, 4.69) is 18.8 Å². The molecular weight excluding hydrogens is 390 g/mol. The molecule has 0 bridgehead atoms. The molecule has 3 aliphatic rings. The number of nitrogens with two attached hydrogens (primary N) is 1. The molecule has 0 saturated carbocycles. The zero-order valence-corrected chi connectivity index (χ0v) is 17.5. The van der Waals surface area contributed by atoms with E-state index in [0.29, 0.717) is 25.5 Å². The second kappa shape index (κ2) is 6.03. The molecule has 0 aliphatic carbocycles. The predicted molar refractivity (Wildman–Crippen MR) is 109 cm³/mol. The molecule has 1 aromatic carbocycles. The van der Waals surface area contributed by atoms with E-state index in [-0.39, 0.29) is 23.6 Å². The zero-order chi connectivity index (χ0) is 20.4. The zero-order valence-electron chi connectivity index (χ0n) is 16.7. The topological polar surface area (TPSA) is 96.0 Å². The predicted octanol–water partition coefficient (Wildman–Crippen LogP) is 2.60. The van der Waals surface area contributed by atoms with Gasteiger partial charge in [0, 0.05) is 17.4 Å². The summed E-state index contributed by atoms with van der Waals surface area (Å²) < 4.78 is 17.7. The van der Waals surface area contributed by atoms with Gasteiger partial charge >= 0.3 is 0 Å². The van der Waals surface area contributed by atoms with Crippen LogP contribution in [0.25, 0.3) is 0 Å². The molecule has 2 N–H and O–H groups in total. The Morgan fingerprint density at radius 3 is 2.66 bits per heavy atom. The summed E-state index contributed by atoms with van der Waals surface area (Å²) in [4.78, 5) is 21.8. The molecule has 0 radical (unpaired) electrons. The minimum atomic E-state index is -0.692. The van der Waals surface area contributed by atoms with Crippen molar-refractivity contribution in [3.63, 3.8) is 0 Å². The van der Waals surface area contributed by atoms with Gasteiger partial charge in [0.2, 0.25) is 0 Å². The molecule has 1 fully saturated rings. The van der Waals surface area contributed by atoms with Crippen LogP contribution in [0, 0.1) is 12.3 Å². The van der Waals surface area contributed by atoms with Gasteiger partial charge in [0.05, 0.1) is 23.6 Å². The van der Waals surface area contributed by atoms with Gasteiger partial charge in [-0.15, -0.1) is 11.3 Å². The number of carbonyl (C=O) groups excluding carboxylic acids is 1. The number of fused-ring (bicyclic) bond motifs is 3. The van der Waals surface area contributed by atoms with Crippen LogP contribution in [0.3, 0.4) is 0 Å². The van der Waals surface area contributed by atoms with Crippen LogP contribution >= 0.6 is 11.3 Å². The van der Waals surface area contributed by atoms with E-state index in [4.69, 9.17) is 24.9 Å². The number of hydrogen-bond acceptors (Lipinski definition) is 8. The van der Waals surface area contributed by atoms with Crippen molar-refractivity contribution in [3.8, 4) is 5.75 Å². The summed E-state index contributed by atoms with van der Waals surface area (Å²) in [6.45, 7) is 7.39. The summed E-state index contributed by atoms with van der Waals surface area (Å²) in [5.74, 6) is 0.739. The maximum absolute atomic E-state index is 12.7. The molecule has 29 heavy (non-hydrogen) atoms. The van der Waals surface area contributed by atoms with Crippen molar-refractivity contribution in [2.24, 2.45) is 16.1 Å². The Morgan fingerprint density at radius 1 is 1.28 bits per heavy atom. The molecule has 8 heteroatoms. The van der Waals surface area contributed by atoms with Crippen LogP contribution in [-0.2, 0) is 21.4 Å². The summed E-state index contributed by atoms with van der Waals surface area (Å²) in [6.07, 6.45) is 0.263. The molecule has 1 atom stereocenters. The third-order valence-electron chi connectivity index (χ3n) is 6.50. The van der Waals surface area contributed by atoms with Gasteiger partial charge in [-0.2, -0.15) is 0 Å². The van der Waals surface area contributed by atoms with Gasteiger partial charge in [-0.05, 0) is 38.5 Å². The number of benzene rings is 1. The van der Waals surface area contributed by atoms with Crippen molar-refractivity contribution < 1.29 is 19.0 Å². The highest BCUT2D eigenvalue weighted by atomic mass is 32.1. The van der Waals surface area contributed by atoms with E-state index in [9.17, 15) is 4.79 Å². The van der Waals surface area contributed by atoms with E-state index in [1.807, 2.05) is 25.1 Å². The fourth-order valence-electron chi connectivity index (χ4n) is 4.70. The van der Waals surface area contributed by atoms with Crippen molar-refractivity contribution in [1.82, 2.24) is 4.98 Å². The number of aliphatic imine (C=N–C) groups is 1. The molecule has 1 saturated heterocycles. The molecule has 5 rings (SSSR count). The van der Waals surface area contributed by atoms with Crippen LogP contribution in [-0.4, -0.2) is 42.2 Å². The Balaban J connectivity index is 1.58. The number of carbonyl (C=O) groups is 1.